The van der Waals surface area contributed by atoms with Crippen LogP contribution in [-0.2, 0) is 0 Å². The van der Waals surface area contributed by atoms with Crippen molar-refractivity contribution in [3.63, 3.8) is 0 Å². The molecule has 3 heterocycles. The molecule has 1 aromatic heterocycles. The van der Waals surface area contributed by atoms with Crippen molar-refractivity contribution in [1.29, 1.82) is 0 Å². The zero-order chi connectivity index (χ0) is 14.4. The van der Waals surface area contributed by atoms with Crippen molar-refractivity contribution in [3.8, 4) is 0 Å². The first-order valence-electron chi connectivity index (χ1n) is 7.13. The molecule has 0 bridgehead atoms. The van der Waals surface area contributed by atoms with Gasteiger partial charge in [0.25, 0.3) is 5.91 Å². The van der Waals surface area contributed by atoms with E-state index in [2.05, 4.69) is 10.3 Å². The van der Waals surface area contributed by atoms with Crippen LogP contribution < -0.4 is 5.32 Å². The summed E-state index contributed by atoms with van der Waals surface area (Å²) in [6.07, 6.45) is 1.87. The maximum absolute atomic E-state index is 12.6. The molecule has 6 heteroatoms. The Labute approximate surface area is 121 Å². The second kappa shape index (κ2) is 4.51. The lowest BCUT2D eigenvalue weighted by Gasteiger charge is -2.36. The Hall–Kier alpha value is -2.50. The molecule has 108 valence electrons. The molecule has 1 aromatic carbocycles. The fourth-order valence-electron chi connectivity index (χ4n) is 3.16. The maximum Gasteiger partial charge on any atom is 0.317 e. The number of piperazine rings is 1. The summed E-state index contributed by atoms with van der Waals surface area (Å²) < 4.78 is 0. The Morgan fingerprint density at radius 3 is 3.05 bits per heavy atom. The van der Waals surface area contributed by atoms with Gasteiger partial charge in [0.1, 0.15) is 0 Å². The predicted molar refractivity (Wildman–Crippen MR) is 78.1 cm³/mol. The summed E-state index contributed by atoms with van der Waals surface area (Å²) in [4.78, 5) is 31.0. The average molecular weight is 284 g/mol. The molecular weight excluding hydrogens is 268 g/mol. The summed E-state index contributed by atoms with van der Waals surface area (Å²) in [6.45, 7) is 2.42. The highest BCUT2D eigenvalue weighted by Crippen LogP contribution is 2.19. The van der Waals surface area contributed by atoms with Gasteiger partial charge in [-0.1, -0.05) is 0 Å². The average Bonchev–Trinajstić information content (AvgIpc) is 3.12. The number of carbonyl (C=O) groups is 2. The molecule has 2 aliphatic heterocycles. The predicted octanol–water partition coefficient (Wildman–Crippen LogP) is 1.02. The number of hydrogen-bond acceptors (Lipinski definition) is 2. The Balaban J connectivity index is 1.56. The SMILES string of the molecule is O=C(c1ccc2[nH]ccc2c1)N1CCN2C(=O)NCC2C1. The lowest BCUT2D eigenvalue weighted by atomic mass is 10.1. The molecule has 1 unspecified atom stereocenters. The zero-order valence-electron chi connectivity index (χ0n) is 11.5. The van der Waals surface area contributed by atoms with Crippen LogP contribution >= 0.6 is 0 Å². The van der Waals surface area contributed by atoms with Crippen LogP contribution in [0.15, 0.2) is 30.5 Å². The fraction of sp³-hybridized carbons (Fsp3) is 0.333. The number of hydrogen-bond donors (Lipinski definition) is 2. The monoisotopic (exact) mass is 284 g/mol. The van der Waals surface area contributed by atoms with E-state index < -0.39 is 0 Å². The summed E-state index contributed by atoms with van der Waals surface area (Å²) in [7, 11) is 0. The maximum atomic E-state index is 12.6. The molecule has 0 radical (unpaired) electrons. The summed E-state index contributed by atoms with van der Waals surface area (Å²) >= 11 is 0. The van der Waals surface area contributed by atoms with Crippen molar-refractivity contribution in [2.24, 2.45) is 0 Å². The molecule has 2 saturated heterocycles. The van der Waals surface area contributed by atoms with E-state index in [1.807, 2.05) is 40.3 Å². The van der Waals surface area contributed by atoms with Crippen molar-refractivity contribution < 1.29 is 9.59 Å². The van der Waals surface area contributed by atoms with E-state index >= 15 is 0 Å². The smallest absolute Gasteiger partial charge is 0.317 e. The number of benzene rings is 1. The number of fused-ring (bicyclic) bond motifs is 2. The highest BCUT2D eigenvalue weighted by molar-refractivity contribution is 5.98. The van der Waals surface area contributed by atoms with Crippen molar-refractivity contribution in [2.45, 2.75) is 6.04 Å². The number of rotatable bonds is 1. The number of nitrogens with one attached hydrogen (secondary N) is 2. The standard InChI is InChI=1S/C15H16N4O2/c20-14(11-1-2-13-10(7-11)3-4-16-13)18-5-6-19-12(9-18)8-17-15(19)21/h1-4,7,12,16H,5-6,8-9H2,(H,17,21). The van der Waals surface area contributed by atoms with Gasteiger partial charge in [-0.25, -0.2) is 4.79 Å². The van der Waals surface area contributed by atoms with Gasteiger partial charge in [-0.05, 0) is 24.3 Å². The number of H-pyrrole nitrogens is 1. The molecule has 0 saturated carbocycles. The van der Waals surface area contributed by atoms with Gasteiger partial charge in [-0.2, -0.15) is 0 Å². The molecule has 4 rings (SSSR count). The molecule has 2 aromatic rings. The Morgan fingerprint density at radius 1 is 1.24 bits per heavy atom. The summed E-state index contributed by atoms with van der Waals surface area (Å²) in [5.41, 5.74) is 1.73. The number of nitrogens with zero attached hydrogens (tertiary/aromatic N) is 2. The van der Waals surface area contributed by atoms with Crippen LogP contribution in [0.3, 0.4) is 0 Å². The minimum Gasteiger partial charge on any atom is -0.361 e. The first-order chi connectivity index (χ1) is 10.2. The fourth-order valence-corrected chi connectivity index (χ4v) is 3.16. The minimum absolute atomic E-state index is 0.0131. The quantitative estimate of drug-likeness (QED) is 0.821. The molecule has 2 fully saturated rings. The molecule has 3 amide bonds. The van der Waals surface area contributed by atoms with Crippen LogP contribution in [0.2, 0.25) is 0 Å². The van der Waals surface area contributed by atoms with Crippen molar-refractivity contribution in [1.82, 2.24) is 20.1 Å². The first kappa shape index (κ1) is 12.3. The van der Waals surface area contributed by atoms with E-state index in [4.69, 9.17) is 0 Å². The van der Waals surface area contributed by atoms with Crippen molar-refractivity contribution >= 4 is 22.8 Å². The van der Waals surface area contributed by atoms with E-state index in [1.165, 1.54) is 0 Å². The van der Waals surface area contributed by atoms with Crippen LogP contribution in [0.5, 0.6) is 0 Å². The third-order valence-electron chi connectivity index (χ3n) is 4.32. The van der Waals surface area contributed by atoms with Gasteiger partial charge < -0.3 is 20.1 Å². The van der Waals surface area contributed by atoms with E-state index in [0.717, 1.165) is 10.9 Å². The first-order valence-corrected chi connectivity index (χ1v) is 7.13. The Kier molecular flexibility index (Phi) is 2.63. The third-order valence-corrected chi connectivity index (χ3v) is 4.32. The van der Waals surface area contributed by atoms with Gasteiger partial charge in [0.05, 0.1) is 6.04 Å². The normalized spacial score (nSPS) is 21.5. The molecule has 21 heavy (non-hydrogen) atoms. The van der Waals surface area contributed by atoms with Crippen LogP contribution in [0.1, 0.15) is 10.4 Å². The van der Waals surface area contributed by atoms with Gasteiger partial charge in [-0.3, -0.25) is 4.79 Å². The largest absolute Gasteiger partial charge is 0.361 e. The second-order valence-corrected chi connectivity index (χ2v) is 5.56. The second-order valence-electron chi connectivity index (χ2n) is 5.56. The number of aromatic nitrogens is 1. The molecular formula is C15H16N4O2. The van der Waals surface area contributed by atoms with Crippen LogP contribution in [0, 0.1) is 0 Å². The number of carbonyl (C=O) groups excluding carboxylic acids is 2. The van der Waals surface area contributed by atoms with Gasteiger partial charge in [-0.15, -0.1) is 0 Å². The molecule has 1 atom stereocenters. The van der Waals surface area contributed by atoms with Gasteiger partial charge in [0.15, 0.2) is 0 Å². The lowest BCUT2D eigenvalue weighted by molar-refractivity contribution is 0.0617. The number of aromatic amines is 1. The van der Waals surface area contributed by atoms with Crippen LogP contribution in [0.4, 0.5) is 4.79 Å². The van der Waals surface area contributed by atoms with Gasteiger partial charge in [0.2, 0.25) is 0 Å². The highest BCUT2D eigenvalue weighted by atomic mass is 16.2. The van der Waals surface area contributed by atoms with Gasteiger partial charge >= 0.3 is 6.03 Å². The zero-order valence-corrected chi connectivity index (χ0v) is 11.5. The van der Waals surface area contributed by atoms with Gasteiger partial charge in [0, 0.05) is 48.8 Å². The molecule has 0 spiro atoms. The number of amides is 3. The topological polar surface area (TPSA) is 68.4 Å². The third kappa shape index (κ3) is 1.94. The lowest BCUT2D eigenvalue weighted by Crippen LogP contribution is -2.53. The van der Waals surface area contributed by atoms with Crippen LogP contribution in [0.25, 0.3) is 10.9 Å². The molecule has 2 aliphatic rings. The summed E-state index contributed by atoms with van der Waals surface area (Å²) in [5, 5.41) is 3.87. The van der Waals surface area contributed by atoms with E-state index in [-0.39, 0.29) is 18.0 Å². The summed E-state index contributed by atoms with van der Waals surface area (Å²) in [6, 6.07) is 7.75. The van der Waals surface area contributed by atoms with Crippen LogP contribution in [-0.4, -0.2) is 58.9 Å². The highest BCUT2D eigenvalue weighted by Gasteiger charge is 2.37. The van der Waals surface area contributed by atoms with Crippen molar-refractivity contribution in [3.05, 3.63) is 36.0 Å². The molecule has 2 N–H and O–H groups in total. The van der Waals surface area contributed by atoms with E-state index in [0.29, 0.717) is 31.7 Å². The molecule has 0 aliphatic carbocycles. The minimum atomic E-state index is -0.0131. The van der Waals surface area contributed by atoms with E-state index in [9.17, 15) is 9.59 Å². The number of urea groups is 1. The van der Waals surface area contributed by atoms with Crippen molar-refractivity contribution in [2.75, 3.05) is 26.2 Å². The summed E-state index contributed by atoms with van der Waals surface area (Å²) in [5.74, 6) is 0.0390. The Morgan fingerprint density at radius 2 is 2.14 bits per heavy atom. The molecule has 6 nitrogen and oxygen atoms in total. The Bertz CT molecular complexity index is 723. The van der Waals surface area contributed by atoms with E-state index in [1.54, 1.807) is 0 Å².